The highest BCUT2D eigenvalue weighted by Gasteiger charge is 2.35. The quantitative estimate of drug-likeness (QED) is 0.563. The molecule has 5 rings (SSSR count). The van der Waals surface area contributed by atoms with Crippen molar-refractivity contribution in [1.82, 2.24) is 14.6 Å². The van der Waals surface area contributed by atoms with Gasteiger partial charge < -0.3 is 10.1 Å². The van der Waals surface area contributed by atoms with Gasteiger partial charge in [0.25, 0.3) is 0 Å². The third-order valence-electron chi connectivity index (χ3n) is 6.13. The molecule has 0 bridgehead atoms. The van der Waals surface area contributed by atoms with Crippen molar-refractivity contribution in [3.8, 4) is 11.5 Å². The van der Waals surface area contributed by atoms with Crippen LogP contribution in [-0.2, 0) is 14.8 Å². The van der Waals surface area contributed by atoms with Crippen molar-refractivity contribution in [2.24, 2.45) is 5.92 Å². The minimum absolute atomic E-state index is 0.00927. The Hall–Kier alpha value is -2.94. The molecule has 9 heteroatoms. The fourth-order valence-corrected chi connectivity index (χ4v) is 6.28. The number of nitrogens with zero attached hydrogens (tertiary/aromatic N) is 2. The van der Waals surface area contributed by atoms with E-state index >= 15 is 0 Å². The Balaban J connectivity index is 1.31. The first-order valence-electron chi connectivity index (χ1n) is 10.7. The van der Waals surface area contributed by atoms with Crippen LogP contribution in [0.5, 0.6) is 11.5 Å². The molecule has 1 amide bonds. The molecular formula is C24H22ClN3O4S. The Morgan fingerprint density at radius 2 is 1.58 bits per heavy atom. The lowest BCUT2D eigenvalue weighted by Gasteiger charge is -2.33. The molecule has 7 nitrogen and oxygen atoms in total. The number of carbonyl (C=O) groups excluding carboxylic acids is 1. The van der Waals surface area contributed by atoms with E-state index in [9.17, 15) is 13.2 Å². The first kappa shape index (κ1) is 21.9. The van der Waals surface area contributed by atoms with Gasteiger partial charge in [-0.1, -0.05) is 48.0 Å². The molecule has 33 heavy (non-hydrogen) atoms. The number of fused-ring (bicyclic) bond motifs is 2. The number of rotatable bonds is 4. The molecule has 0 unspecified atom stereocenters. The van der Waals surface area contributed by atoms with Crippen LogP contribution in [0.25, 0.3) is 0 Å². The number of hydrogen-bond donors (Lipinski definition) is 1. The van der Waals surface area contributed by atoms with Gasteiger partial charge in [0.1, 0.15) is 21.5 Å². The molecule has 0 saturated carbocycles. The van der Waals surface area contributed by atoms with E-state index in [-0.39, 0.29) is 41.0 Å². The molecule has 3 heterocycles. The molecule has 170 valence electrons. The highest BCUT2D eigenvalue weighted by molar-refractivity contribution is 7.89. The number of nitrogens with one attached hydrogen (secondary N) is 1. The van der Waals surface area contributed by atoms with Crippen molar-refractivity contribution < 1.29 is 17.9 Å². The number of sulfonamides is 1. The minimum Gasteiger partial charge on any atom is -0.457 e. The Kier molecular flexibility index (Phi) is 5.82. The molecule has 2 aromatic carbocycles. The summed E-state index contributed by atoms with van der Waals surface area (Å²) in [7, 11) is -3.76. The number of piperidine rings is 1. The normalized spacial score (nSPS) is 17.0. The van der Waals surface area contributed by atoms with Crippen molar-refractivity contribution in [3.05, 3.63) is 83.1 Å². The number of hydrogen-bond acceptors (Lipinski definition) is 5. The second-order valence-electron chi connectivity index (χ2n) is 8.09. The van der Waals surface area contributed by atoms with E-state index in [0.29, 0.717) is 12.8 Å². The average Bonchev–Trinajstić information content (AvgIpc) is 2.84. The molecule has 3 aromatic rings. The van der Waals surface area contributed by atoms with E-state index in [1.165, 1.54) is 16.6 Å². The van der Waals surface area contributed by atoms with Gasteiger partial charge in [0, 0.05) is 36.3 Å². The molecule has 0 atom stereocenters. The van der Waals surface area contributed by atoms with E-state index in [0.717, 1.165) is 22.6 Å². The molecule has 1 N–H and O–H groups in total. The summed E-state index contributed by atoms with van der Waals surface area (Å²) in [5.41, 5.74) is 1.80. The van der Waals surface area contributed by atoms with E-state index in [2.05, 4.69) is 10.3 Å². The molecule has 2 aliphatic heterocycles. The number of pyridine rings is 1. The lowest BCUT2D eigenvalue weighted by atomic mass is 9.92. The van der Waals surface area contributed by atoms with Crippen molar-refractivity contribution in [3.63, 3.8) is 0 Å². The number of benzene rings is 2. The van der Waals surface area contributed by atoms with Crippen LogP contribution in [0.1, 0.15) is 30.0 Å². The molecule has 1 saturated heterocycles. The van der Waals surface area contributed by atoms with E-state index in [1.54, 1.807) is 6.07 Å². The summed E-state index contributed by atoms with van der Waals surface area (Å²) >= 11 is 6.01. The molecule has 1 fully saturated rings. The van der Waals surface area contributed by atoms with Gasteiger partial charge in [-0.05, 0) is 37.1 Å². The number of para-hydroxylation sites is 2. The summed E-state index contributed by atoms with van der Waals surface area (Å²) in [4.78, 5) is 17.1. The monoisotopic (exact) mass is 483 g/mol. The zero-order valence-corrected chi connectivity index (χ0v) is 19.2. The third kappa shape index (κ3) is 4.10. The van der Waals surface area contributed by atoms with Crippen molar-refractivity contribution in [1.29, 1.82) is 0 Å². The predicted octanol–water partition coefficient (Wildman–Crippen LogP) is 4.15. The van der Waals surface area contributed by atoms with Crippen LogP contribution in [0.3, 0.4) is 0 Å². The summed E-state index contributed by atoms with van der Waals surface area (Å²) in [6.45, 7) is 0.485. The Morgan fingerprint density at radius 3 is 2.18 bits per heavy atom. The van der Waals surface area contributed by atoms with Crippen LogP contribution < -0.4 is 10.1 Å². The highest BCUT2D eigenvalue weighted by Crippen LogP contribution is 2.42. The van der Waals surface area contributed by atoms with Gasteiger partial charge in [-0.25, -0.2) is 13.4 Å². The van der Waals surface area contributed by atoms with Gasteiger partial charge in [-0.15, -0.1) is 0 Å². The molecule has 0 aliphatic carbocycles. The molecule has 1 aromatic heterocycles. The van der Waals surface area contributed by atoms with E-state index < -0.39 is 10.0 Å². The number of halogens is 1. The largest absolute Gasteiger partial charge is 0.457 e. The maximum atomic E-state index is 13.2. The van der Waals surface area contributed by atoms with Gasteiger partial charge in [-0.3, -0.25) is 4.79 Å². The van der Waals surface area contributed by atoms with Gasteiger partial charge in [-0.2, -0.15) is 4.31 Å². The van der Waals surface area contributed by atoms with E-state index in [4.69, 9.17) is 16.3 Å². The predicted molar refractivity (Wildman–Crippen MR) is 124 cm³/mol. The van der Waals surface area contributed by atoms with Gasteiger partial charge >= 0.3 is 0 Å². The number of ether oxygens (including phenoxy) is 1. The summed E-state index contributed by atoms with van der Waals surface area (Å²) in [6.07, 6.45) is 2.30. The first-order valence-corrected chi connectivity index (χ1v) is 12.5. The summed E-state index contributed by atoms with van der Waals surface area (Å²) in [5, 5.41) is 3.13. The van der Waals surface area contributed by atoms with Crippen molar-refractivity contribution in [2.75, 3.05) is 13.1 Å². The van der Waals surface area contributed by atoms with Gasteiger partial charge in [0.05, 0.1) is 6.04 Å². The third-order valence-corrected chi connectivity index (χ3v) is 8.48. The number of aromatic nitrogens is 1. The SMILES string of the molecule is O=C(NC1c2ccccc2Oc2ccccc21)C1CCN(S(=O)(=O)c2cccnc2Cl)CC1. The summed E-state index contributed by atoms with van der Waals surface area (Å²) in [5.74, 6) is 1.05. The maximum Gasteiger partial charge on any atom is 0.246 e. The second kappa shape index (κ2) is 8.78. The zero-order chi connectivity index (χ0) is 23.0. The van der Waals surface area contributed by atoms with E-state index in [1.807, 2.05) is 48.5 Å². The second-order valence-corrected chi connectivity index (χ2v) is 10.4. The fraction of sp³-hybridized carbons (Fsp3) is 0.250. The van der Waals surface area contributed by atoms with Crippen LogP contribution in [0.4, 0.5) is 0 Å². The topological polar surface area (TPSA) is 88.6 Å². The molecule has 0 radical (unpaired) electrons. The molecule has 2 aliphatic rings. The first-order chi connectivity index (χ1) is 15.9. The zero-order valence-electron chi connectivity index (χ0n) is 17.6. The van der Waals surface area contributed by atoms with Crippen LogP contribution in [0.2, 0.25) is 5.15 Å². The number of amides is 1. The smallest absolute Gasteiger partial charge is 0.246 e. The Morgan fingerprint density at radius 1 is 0.970 bits per heavy atom. The number of carbonyl (C=O) groups is 1. The van der Waals surface area contributed by atoms with Crippen molar-refractivity contribution >= 4 is 27.5 Å². The molecular weight excluding hydrogens is 462 g/mol. The van der Waals surface area contributed by atoms with Crippen LogP contribution in [0.15, 0.2) is 71.8 Å². The average molecular weight is 484 g/mol. The lowest BCUT2D eigenvalue weighted by Crippen LogP contribution is -2.44. The highest BCUT2D eigenvalue weighted by atomic mass is 35.5. The summed E-state index contributed by atoms with van der Waals surface area (Å²) < 4.78 is 33.3. The fourth-order valence-electron chi connectivity index (χ4n) is 4.39. The van der Waals surface area contributed by atoms with Gasteiger partial charge in [0.2, 0.25) is 15.9 Å². The standard InChI is InChI=1S/C24H22ClN3O4S/c25-23-21(10-5-13-26-23)33(30,31)28-14-11-16(12-15-28)24(29)27-22-17-6-1-3-8-19(17)32-20-9-4-2-7-18(20)22/h1-10,13,16,22H,11-12,14-15H2,(H,27,29). The lowest BCUT2D eigenvalue weighted by molar-refractivity contribution is -0.126. The summed E-state index contributed by atoms with van der Waals surface area (Å²) in [6, 6.07) is 18.0. The van der Waals surface area contributed by atoms with Crippen LogP contribution in [0, 0.1) is 5.92 Å². The maximum absolute atomic E-state index is 13.2. The Bertz CT molecular complexity index is 1260. The van der Waals surface area contributed by atoms with Crippen LogP contribution >= 0.6 is 11.6 Å². The van der Waals surface area contributed by atoms with Crippen LogP contribution in [-0.4, -0.2) is 36.7 Å². The van der Waals surface area contributed by atoms with Crippen molar-refractivity contribution in [2.45, 2.75) is 23.8 Å². The minimum atomic E-state index is -3.76. The van der Waals surface area contributed by atoms with Gasteiger partial charge in [0.15, 0.2) is 0 Å². The Labute approximate surface area is 197 Å². The molecule has 0 spiro atoms.